The SMILES string of the molecule is COc1c(NC2CCCC2OC)sc(C(=O)C2CC2)c1N. The van der Waals surface area contributed by atoms with Crippen molar-refractivity contribution < 1.29 is 14.3 Å². The molecule has 6 heteroatoms. The second kappa shape index (κ2) is 5.85. The predicted molar refractivity (Wildman–Crippen MR) is 84.4 cm³/mol. The molecule has 3 rings (SSSR count). The van der Waals surface area contributed by atoms with E-state index in [1.54, 1.807) is 14.2 Å². The van der Waals surface area contributed by atoms with Crippen LogP contribution in [0.25, 0.3) is 0 Å². The number of hydrogen-bond acceptors (Lipinski definition) is 6. The Morgan fingerprint density at radius 2 is 2.05 bits per heavy atom. The third-order valence-electron chi connectivity index (χ3n) is 4.35. The molecule has 1 aromatic heterocycles. The number of nitrogen functional groups attached to an aromatic ring is 1. The zero-order chi connectivity index (χ0) is 15.0. The maximum atomic E-state index is 12.3. The Kier molecular flexibility index (Phi) is 4.08. The lowest BCUT2D eigenvalue weighted by Gasteiger charge is -2.20. The van der Waals surface area contributed by atoms with E-state index in [0.29, 0.717) is 16.3 Å². The molecule has 2 aliphatic carbocycles. The molecule has 2 unspecified atom stereocenters. The van der Waals surface area contributed by atoms with Crippen LogP contribution < -0.4 is 15.8 Å². The zero-order valence-electron chi connectivity index (χ0n) is 12.5. The standard InChI is InChI=1S/C15H22N2O3S/c1-19-10-5-3-4-9(10)17-15-13(20-2)11(16)14(21-15)12(18)8-6-7-8/h8-10,17H,3-7,16H2,1-2H3. The van der Waals surface area contributed by atoms with Crippen LogP contribution in [0.4, 0.5) is 10.7 Å². The van der Waals surface area contributed by atoms with Crippen molar-refractivity contribution in [3.8, 4) is 5.75 Å². The van der Waals surface area contributed by atoms with E-state index in [9.17, 15) is 4.79 Å². The van der Waals surface area contributed by atoms with Gasteiger partial charge in [-0.3, -0.25) is 4.79 Å². The van der Waals surface area contributed by atoms with E-state index < -0.39 is 0 Å². The maximum absolute atomic E-state index is 12.3. The lowest BCUT2D eigenvalue weighted by molar-refractivity contribution is 0.0972. The van der Waals surface area contributed by atoms with Crippen molar-refractivity contribution in [1.82, 2.24) is 0 Å². The van der Waals surface area contributed by atoms with Gasteiger partial charge in [-0.05, 0) is 32.1 Å². The normalized spacial score (nSPS) is 25.0. The summed E-state index contributed by atoms with van der Waals surface area (Å²) in [5.74, 6) is 0.936. The maximum Gasteiger partial charge on any atom is 0.178 e. The fourth-order valence-corrected chi connectivity index (χ4v) is 4.15. The lowest BCUT2D eigenvalue weighted by atomic mass is 10.2. The van der Waals surface area contributed by atoms with Crippen LogP contribution in [0.3, 0.4) is 0 Å². The van der Waals surface area contributed by atoms with Crippen molar-refractivity contribution in [2.24, 2.45) is 5.92 Å². The topological polar surface area (TPSA) is 73.6 Å². The van der Waals surface area contributed by atoms with Crippen molar-refractivity contribution in [2.45, 2.75) is 44.2 Å². The van der Waals surface area contributed by atoms with Gasteiger partial charge in [-0.25, -0.2) is 0 Å². The molecule has 2 aliphatic rings. The van der Waals surface area contributed by atoms with E-state index in [1.165, 1.54) is 11.3 Å². The Labute approximate surface area is 128 Å². The Hall–Kier alpha value is -1.27. The Morgan fingerprint density at radius 1 is 1.29 bits per heavy atom. The molecule has 5 nitrogen and oxygen atoms in total. The number of hydrogen-bond donors (Lipinski definition) is 2. The summed E-state index contributed by atoms with van der Waals surface area (Å²) in [6.07, 6.45) is 5.44. The molecule has 0 aliphatic heterocycles. The third-order valence-corrected chi connectivity index (χ3v) is 5.48. The molecule has 3 N–H and O–H groups in total. The van der Waals surface area contributed by atoms with Crippen molar-refractivity contribution >= 4 is 27.8 Å². The van der Waals surface area contributed by atoms with Crippen LogP contribution >= 0.6 is 11.3 Å². The van der Waals surface area contributed by atoms with Gasteiger partial charge in [0, 0.05) is 13.0 Å². The monoisotopic (exact) mass is 310 g/mol. The zero-order valence-corrected chi connectivity index (χ0v) is 13.3. The van der Waals surface area contributed by atoms with Gasteiger partial charge in [0.25, 0.3) is 0 Å². The van der Waals surface area contributed by atoms with Crippen molar-refractivity contribution in [3.63, 3.8) is 0 Å². The minimum atomic E-state index is 0.165. The number of anilines is 2. The molecule has 0 aromatic carbocycles. The van der Waals surface area contributed by atoms with E-state index in [2.05, 4.69) is 5.32 Å². The number of carbonyl (C=O) groups excluding carboxylic acids is 1. The second-order valence-corrected chi connectivity index (χ2v) is 6.82. The Bertz CT molecular complexity index is 539. The molecule has 1 aromatic rings. The fourth-order valence-electron chi connectivity index (χ4n) is 2.98. The molecule has 2 fully saturated rings. The number of ketones is 1. The van der Waals surface area contributed by atoms with Crippen molar-refractivity contribution in [3.05, 3.63) is 4.88 Å². The highest BCUT2D eigenvalue weighted by Crippen LogP contribution is 2.46. The van der Waals surface area contributed by atoms with Crippen LogP contribution in [0.15, 0.2) is 0 Å². The number of rotatable bonds is 6. The summed E-state index contributed by atoms with van der Waals surface area (Å²) in [6, 6.07) is 0.255. The molecular weight excluding hydrogens is 288 g/mol. The van der Waals surface area contributed by atoms with Gasteiger partial charge < -0.3 is 20.5 Å². The van der Waals surface area contributed by atoms with Crippen LogP contribution in [0, 0.1) is 5.92 Å². The summed E-state index contributed by atoms with van der Waals surface area (Å²) in [6.45, 7) is 0. The largest absolute Gasteiger partial charge is 0.492 e. The molecule has 2 atom stereocenters. The highest BCUT2D eigenvalue weighted by Gasteiger charge is 2.35. The molecule has 116 valence electrons. The average Bonchev–Trinajstić information content (AvgIpc) is 3.16. The molecule has 0 spiro atoms. The second-order valence-electron chi connectivity index (χ2n) is 5.80. The lowest BCUT2D eigenvalue weighted by Crippen LogP contribution is -2.29. The summed E-state index contributed by atoms with van der Waals surface area (Å²) in [7, 11) is 3.34. The van der Waals surface area contributed by atoms with Crippen LogP contribution in [0.2, 0.25) is 0 Å². The van der Waals surface area contributed by atoms with Gasteiger partial charge in [-0.15, -0.1) is 11.3 Å². The van der Waals surface area contributed by atoms with Gasteiger partial charge in [0.05, 0.1) is 29.8 Å². The molecule has 2 saturated carbocycles. The molecular formula is C15H22N2O3S. The molecule has 0 amide bonds. The van der Waals surface area contributed by atoms with Crippen LogP contribution in [-0.2, 0) is 4.74 Å². The molecule has 21 heavy (non-hydrogen) atoms. The minimum Gasteiger partial charge on any atom is -0.492 e. The van der Waals surface area contributed by atoms with Crippen LogP contribution in [-0.4, -0.2) is 32.1 Å². The Balaban J connectivity index is 1.83. The van der Waals surface area contributed by atoms with Gasteiger partial charge in [0.1, 0.15) is 5.00 Å². The average molecular weight is 310 g/mol. The van der Waals surface area contributed by atoms with E-state index in [4.69, 9.17) is 15.2 Å². The Morgan fingerprint density at radius 3 is 2.67 bits per heavy atom. The number of nitrogens with one attached hydrogen (secondary N) is 1. The van der Waals surface area contributed by atoms with Crippen molar-refractivity contribution in [2.75, 3.05) is 25.3 Å². The van der Waals surface area contributed by atoms with Crippen LogP contribution in [0.5, 0.6) is 5.75 Å². The van der Waals surface area contributed by atoms with E-state index in [1.807, 2.05) is 0 Å². The first-order chi connectivity index (χ1) is 10.2. The first-order valence-corrected chi connectivity index (χ1v) is 8.27. The molecule has 0 saturated heterocycles. The predicted octanol–water partition coefficient (Wildman–Crippen LogP) is 2.91. The highest BCUT2D eigenvalue weighted by molar-refractivity contribution is 7.19. The van der Waals surface area contributed by atoms with Gasteiger partial charge in [0.2, 0.25) is 0 Å². The van der Waals surface area contributed by atoms with E-state index in [-0.39, 0.29) is 23.8 Å². The number of Topliss-reactive ketones (excluding diaryl/α,β-unsaturated/α-hetero) is 1. The summed E-state index contributed by atoms with van der Waals surface area (Å²) >= 11 is 1.42. The molecule has 0 radical (unpaired) electrons. The fraction of sp³-hybridized carbons (Fsp3) is 0.667. The number of carbonyl (C=O) groups is 1. The molecule has 1 heterocycles. The summed E-state index contributed by atoms with van der Waals surface area (Å²) in [5.41, 5.74) is 6.60. The third kappa shape index (κ3) is 2.74. The summed E-state index contributed by atoms with van der Waals surface area (Å²) in [4.78, 5) is 12.9. The first-order valence-electron chi connectivity index (χ1n) is 7.45. The highest BCUT2D eigenvalue weighted by atomic mass is 32.1. The van der Waals surface area contributed by atoms with Gasteiger partial charge in [-0.1, -0.05) is 0 Å². The molecule has 0 bridgehead atoms. The first kappa shape index (κ1) is 14.7. The summed E-state index contributed by atoms with van der Waals surface area (Å²) in [5, 5.41) is 4.33. The minimum absolute atomic E-state index is 0.165. The van der Waals surface area contributed by atoms with Crippen LogP contribution in [0.1, 0.15) is 41.8 Å². The summed E-state index contributed by atoms with van der Waals surface area (Å²) < 4.78 is 10.9. The smallest absolute Gasteiger partial charge is 0.178 e. The number of thiophene rings is 1. The quantitative estimate of drug-likeness (QED) is 0.790. The van der Waals surface area contributed by atoms with Crippen molar-refractivity contribution in [1.29, 1.82) is 0 Å². The number of methoxy groups -OCH3 is 2. The number of ether oxygens (including phenoxy) is 2. The van der Waals surface area contributed by atoms with Gasteiger partial charge in [0.15, 0.2) is 11.5 Å². The van der Waals surface area contributed by atoms with Gasteiger partial charge >= 0.3 is 0 Å². The number of nitrogens with two attached hydrogens (primary N) is 1. The van der Waals surface area contributed by atoms with E-state index >= 15 is 0 Å². The van der Waals surface area contributed by atoms with E-state index in [0.717, 1.165) is 37.1 Å². The van der Waals surface area contributed by atoms with Gasteiger partial charge in [-0.2, -0.15) is 0 Å².